The van der Waals surface area contributed by atoms with Crippen molar-refractivity contribution in [2.75, 3.05) is 4.43 Å². The Morgan fingerprint density at radius 1 is 1.14 bits per heavy atom. The van der Waals surface area contributed by atoms with E-state index in [0.717, 1.165) is 26.6 Å². The van der Waals surface area contributed by atoms with Crippen LogP contribution in [-0.4, -0.2) is 19.6 Å². The molecule has 21 heavy (non-hydrogen) atoms. The van der Waals surface area contributed by atoms with Crippen LogP contribution in [0.15, 0.2) is 48.5 Å². The summed E-state index contributed by atoms with van der Waals surface area (Å²) in [6.07, 6.45) is -0.0833. The first-order valence-corrected chi connectivity index (χ1v) is 8.56. The Bertz CT molecular complexity index is 729. The molecule has 4 nitrogen and oxygen atoms in total. The number of alkyl halides is 2. The molecule has 0 aliphatic carbocycles. The Morgan fingerprint density at radius 3 is 2.62 bits per heavy atom. The Morgan fingerprint density at radius 2 is 1.90 bits per heavy atom. The third kappa shape index (κ3) is 3.13. The summed E-state index contributed by atoms with van der Waals surface area (Å²) in [5, 5.41) is 8.16. The van der Waals surface area contributed by atoms with Crippen LogP contribution in [0.1, 0.15) is 17.2 Å². The van der Waals surface area contributed by atoms with Crippen LogP contribution < -0.4 is 4.84 Å². The van der Waals surface area contributed by atoms with Crippen molar-refractivity contribution in [3.63, 3.8) is 0 Å². The highest BCUT2D eigenvalue weighted by atomic mass is 127. The van der Waals surface area contributed by atoms with Gasteiger partial charge >= 0.3 is 0 Å². The number of aromatic nitrogens is 3. The fraction of sp³-hybridized carbons (Fsp3) is 0.200. The van der Waals surface area contributed by atoms with Gasteiger partial charge in [0.05, 0.1) is 0 Å². The van der Waals surface area contributed by atoms with Crippen molar-refractivity contribution in [3.8, 4) is 0 Å². The van der Waals surface area contributed by atoms with E-state index >= 15 is 0 Å². The molecule has 0 aliphatic heterocycles. The van der Waals surface area contributed by atoms with E-state index in [2.05, 4.69) is 32.9 Å². The second-order valence-corrected chi connectivity index (χ2v) is 5.72. The number of hydrogen-bond acceptors (Lipinski definition) is 3. The molecule has 0 saturated carbocycles. The van der Waals surface area contributed by atoms with Gasteiger partial charge in [0.25, 0.3) is 0 Å². The number of fused-ring (bicyclic) bond motifs is 1. The fourth-order valence-corrected chi connectivity index (χ4v) is 2.89. The summed E-state index contributed by atoms with van der Waals surface area (Å²) in [7, 11) is 0. The van der Waals surface area contributed by atoms with Gasteiger partial charge in [0.1, 0.15) is 11.0 Å². The van der Waals surface area contributed by atoms with Crippen LogP contribution in [0.2, 0.25) is 0 Å². The molecule has 2 aromatic carbocycles. The zero-order chi connectivity index (χ0) is 14.7. The predicted octanol–water partition coefficient (Wildman–Crippen LogP) is 3.78. The highest BCUT2D eigenvalue weighted by molar-refractivity contribution is 14.1. The third-order valence-corrected chi connectivity index (χ3v) is 4.30. The Balaban J connectivity index is 1.86. The number of para-hydroxylation sites is 1. The van der Waals surface area contributed by atoms with Crippen molar-refractivity contribution in [1.29, 1.82) is 0 Å². The Labute approximate surface area is 141 Å². The molecular formula is C15H13ClIN3O. The monoisotopic (exact) mass is 413 g/mol. The van der Waals surface area contributed by atoms with Crippen LogP contribution in [0.4, 0.5) is 0 Å². The van der Waals surface area contributed by atoms with Crippen molar-refractivity contribution < 1.29 is 4.84 Å². The smallest absolute Gasteiger partial charge is 0.161 e. The van der Waals surface area contributed by atoms with E-state index < -0.39 is 0 Å². The van der Waals surface area contributed by atoms with Crippen LogP contribution in [0.25, 0.3) is 11.0 Å². The summed E-state index contributed by atoms with van der Waals surface area (Å²) < 4.78 is 0.812. The number of benzene rings is 2. The number of hydrogen-bond donors (Lipinski definition) is 0. The molecule has 1 atom stereocenters. The van der Waals surface area contributed by atoms with Gasteiger partial charge in [0.2, 0.25) is 0 Å². The molecule has 1 aromatic heterocycles. The summed E-state index contributed by atoms with van der Waals surface area (Å²) in [6.45, 7) is 0. The molecule has 3 rings (SSSR count). The predicted molar refractivity (Wildman–Crippen MR) is 91.7 cm³/mol. The highest BCUT2D eigenvalue weighted by Crippen LogP contribution is 2.20. The van der Waals surface area contributed by atoms with Crippen molar-refractivity contribution in [1.82, 2.24) is 15.2 Å². The summed E-state index contributed by atoms with van der Waals surface area (Å²) in [6, 6.07) is 15.9. The Hall–Kier alpha value is -1.34. The topological polar surface area (TPSA) is 39.9 Å². The van der Waals surface area contributed by atoms with Gasteiger partial charge in [-0.05, 0) is 28.5 Å². The number of halogens is 2. The van der Waals surface area contributed by atoms with Crippen molar-refractivity contribution >= 4 is 45.2 Å². The normalized spacial score (nSPS) is 12.5. The molecule has 0 bridgehead atoms. The molecule has 0 radical (unpaired) electrons. The van der Waals surface area contributed by atoms with Gasteiger partial charge < -0.3 is 4.84 Å². The molecule has 0 amide bonds. The van der Waals surface area contributed by atoms with Crippen LogP contribution in [0, 0.1) is 0 Å². The van der Waals surface area contributed by atoms with Crippen LogP contribution in [0.5, 0.6) is 0 Å². The molecule has 3 aromatic rings. The molecule has 1 unspecified atom stereocenters. The highest BCUT2D eigenvalue weighted by Gasteiger charge is 2.15. The fourth-order valence-electron chi connectivity index (χ4n) is 2.05. The lowest BCUT2D eigenvalue weighted by Crippen LogP contribution is -2.20. The zero-order valence-electron chi connectivity index (χ0n) is 11.1. The summed E-state index contributed by atoms with van der Waals surface area (Å²) >= 11 is 8.13. The number of rotatable bonds is 5. The first-order chi connectivity index (χ1) is 10.3. The van der Waals surface area contributed by atoms with E-state index in [1.165, 1.54) is 4.85 Å². The lowest BCUT2D eigenvalue weighted by Gasteiger charge is -2.16. The molecule has 0 N–H and O–H groups in total. The van der Waals surface area contributed by atoms with Crippen LogP contribution in [-0.2, 0) is 5.88 Å². The van der Waals surface area contributed by atoms with Gasteiger partial charge in [-0.1, -0.05) is 63.8 Å². The lowest BCUT2D eigenvalue weighted by molar-refractivity contribution is 0.0336. The molecule has 0 saturated heterocycles. The van der Waals surface area contributed by atoms with Gasteiger partial charge in [0.15, 0.2) is 6.10 Å². The van der Waals surface area contributed by atoms with Crippen molar-refractivity contribution in [2.24, 2.45) is 0 Å². The maximum atomic E-state index is 5.98. The minimum absolute atomic E-state index is 0.0833. The van der Waals surface area contributed by atoms with E-state index in [9.17, 15) is 0 Å². The second-order valence-electron chi connectivity index (χ2n) is 4.57. The van der Waals surface area contributed by atoms with E-state index in [1.807, 2.05) is 48.5 Å². The van der Waals surface area contributed by atoms with E-state index in [4.69, 9.17) is 16.4 Å². The standard InChI is InChI=1S/C15H13ClIN3O/c16-9-11-5-7-12(8-6-11)15(10-17)21-20-14-4-2-1-3-13(14)18-19-20/h1-8,15H,9-10H2. The minimum atomic E-state index is -0.0833. The van der Waals surface area contributed by atoms with E-state index in [0.29, 0.717) is 5.88 Å². The van der Waals surface area contributed by atoms with Crippen LogP contribution in [0.3, 0.4) is 0 Å². The van der Waals surface area contributed by atoms with Gasteiger partial charge in [-0.25, -0.2) is 0 Å². The lowest BCUT2D eigenvalue weighted by atomic mass is 10.1. The average molecular weight is 414 g/mol. The van der Waals surface area contributed by atoms with Gasteiger partial charge in [0, 0.05) is 10.3 Å². The molecule has 0 fully saturated rings. The maximum Gasteiger partial charge on any atom is 0.161 e. The van der Waals surface area contributed by atoms with Gasteiger partial charge in [-0.15, -0.1) is 16.7 Å². The quantitative estimate of drug-likeness (QED) is 0.472. The van der Waals surface area contributed by atoms with Crippen LogP contribution >= 0.6 is 34.2 Å². The first kappa shape index (κ1) is 14.6. The molecular weight excluding hydrogens is 401 g/mol. The van der Waals surface area contributed by atoms with Gasteiger partial charge in [-0.3, -0.25) is 0 Å². The Kier molecular flexibility index (Phi) is 4.60. The van der Waals surface area contributed by atoms with E-state index in [1.54, 1.807) is 0 Å². The second kappa shape index (κ2) is 6.62. The summed E-state index contributed by atoms with van der Waals surface area (Å²) in [4.78, 5) is 7.47. The molecule has 0 spiro atoms. The van der Waals surface area contributed by atoms with Crippen molar-refractivity contribution in [3.05, 3.63) is 59.7 Å². The molecule has 6 heteroatoms. The summed E-state index contributed by atoms with van der Waals surface area (Å²) in [5.41, 5.74) is 3.88. The summed E-state index contributed by atoms with van der Waals surface area (Å²) in [5.74, 6) is 0.518. The van der Waals surface area contributed by atoms with Crippen molar-refractivity contribution in [2.45, 2.75) is 12.0 Å². The maximum absolute atomic E-state index is 5.98. The SMILES string of the molecule is ClCc1ccc(C(CI)On2nnc3ccccc32)cc1. The molecule has 108 valence electrons. The molecule has 0 aliphatic rings. The first-order valence-electron chi connectivity index (χ1n) is 6.50. The third-order valence-electron chi connectivity index (χ3n) is 3.19. The van der Waals surface area contributed by atoms with E-state index in [-0.39, 0.29) is 6.10 Å². The molecule has 1 heterocycles. The minimum Gasteiger partial charge on any atom is -0.386 e. The zero-order valence-corrected chi connectivity index (χ0v) is 14.0. The average Bonchev–Trinajstić information content (AvgIpc) is 2.96. The largest absolute Gasteiger partial charge is 0.386 e. The van der Waals surface area contributed by atoms with Gasteiger partial charge in [-0.2, -0.15) is 0 Å². The number of nitrogens with zero attached hydrogens (tertiary/aromatic N) is 3.